The van der Waals surface area contributed by atoms with Gasteiger partial charge in [-0.15, -0.1) is 0 Å². The van der Waals surface area contributed by atoms with Crippen LogP contribution in [0.4, 0.5) is 0 Å². The predicted octanol–water partition coefficient (Wildman–Crippen LogP) is 3.18. The van der Waals surface area contributed by atoms with Crippen molar-refractivity contribution in [3.8, 4) is 0 Å². The number of carbonyl (C=O) groups excluding carboxylic acids is 1. The van der Waals surface area contributed by atoms with Gasteiger partial charge in [0.05, 0.1) is 0 Å². The molecule has 3 rings (SSSR count). The van der Waals surface area contributed by atoms with Crippen molar-refractivity contribution in [3.05, 3.63) is 36.0 Å². The molecule has 1 aliphatic rings. The fourth-order valence-electron chi connectivity index (χ4n) is 2.64. The first-order valence-corrected chi connectivity index (χ1v) is 6.71. The lowest BCUT2D eigenvalue weighted by molar-refractivity contribution is 0.0762. The second-order valence-electron chi connectivity index (χ2n) is 4.99. The highest BCUT2D eigenvalue weighted by molar-refractivity contribution is 5.97. The third kappa shape index (κ3) is 2.13. The molecular formula is C15H18N2O. The first-order valence-electron chi connectivity index (χ1n) is 6.71. The van der Waals surface area contributed by atoms with E-state index in [9.17, 15) is 4.79 Å². The van der Waals surface area contributed by atoms with Gasteiger partial charge in [0.1, 0.15) is 0 Å². The Bertz CT molecular complexity index is 550. The first kappa shape index (κ1) is 11.3. The van der Waals surface area contributed by atoms with E-state index >= 15 is 0 Å². The van der Waals surface area contributed by atoms with E-state index in [4.69, 9.17) is 0 Å². The molecule has 1 amide bonds. The maximum Gasteiger partial charge on any atom is 0.253 e. The minimum absolute atomic E-state index is 0.174. The molecule has 0 radical (unpaired) electrons. The van der Waals surface area contributed by atoms with Crippen molar-refractivity contribution in [2.24, 2.45) is 0 Å². The summed E-state index contributed by atoms with van der Waals surface area (Å²) < 4.78 is 0. The van der Waals surface area contributed by atoms with Crippen LogP contribution in [0.5, 0.6) is 0 Å². The SMILES string of the molecule is O=C(c1ccc2cc[nH]c2c1)N1CCCCCC1. The number of nitrogens with zero attached hydrogens (tertiary/aromatic N) is 1. The third-order valence-electron chi connectivity index (χ3n) is 3.70. The lowest BCUT2D eigenvalue weighted by Crippen LogP contribution is -2.31. The normalized spacial score (nSPS) is 16.8. The van der Waals surface area contributed by atoms with Crippen LogP contribution in [0.1, 0.15) is 36.0 Å². The Morgan fingerprint density at radius 2 is 1.83 bits per heavy atom. The number of hydrogen-bond donors (Lipinski definition) is 1. The lowest BCUT2D eigenvalue weighted by atomic mass is 10.1. The van der Waals surface area contributed by atoms with Crippen LogP contribution in [-0.2, 0) is 0 Å². The fraction of sp³-hybridized carbons (Fsp3) is 0.400. The highest BCUT2D eigenvalue weighted by Gasteiger charge is 2.17. The largest absolute Gasteiger partial charge is 0.361 e. The van der Waals surface area contributed by atoms with E-state index in [2.05, 4.69) is 4.98 Å². The van der Waals surface area contributed by atoms with Crippen LogP contribution in [0, 0.1) is 0 Å². The van der Waals surface area contributed by atoms with E-state index in [-0.39, 0.29) is 5.91 Å². The molecule has 0 spiro atoms. The summed E-state index contributed by atoms with van der Waals surface area (Å²) in [6.07, 6.45) is 6.68. The van der Waals surface area contributed by atoms with Crippen molar-refractivity contribution in [1.82, 2.24) is 9.88 Å². The first-order chi connectivity index (χ1) is 8.84. The maximum absolute atomic E-state index is 12.4. The fourth-order valence-corrected chi connectivity index (χ4v) is 2.64. The molecular weight excluding hydrogens is 224 g/mol. The molecule has 2 heterocycles. The van der Waals surface area contributed by atoms with E-state index in [0.717, 1.165) is 42.4 Å². The Morgan fingerprint density at radius 1 is 1.06 bits per heavy atom. The van der Waals surface area contributed by atoms with Crippen molar-refractivity contribution in [1.29, 1.82) is 0 Å². The monoisotopic (exact) mass is 242 g/mol. The molecule has 1 fully saturated rings. The van der Waals surface area contributed by atoms with Crippen LogP contribution in [0.3, 0.4) is 0 Å². The average molecular weight is 242 g/mol. The van der Waals surface area contributed by atoms with E-state index in [1.165, 1.54) is 12.8 Å². The smallest absolute Gasteiger partial charge is 0.253 e. The van der Waals surface area contributed by atoms with Gasteiger partial charge in [0, 0.05) is 30.4 Å². The number of likely N-dealkylation sites (tertiary alicyclic amines) is 1. The van der Waals surface area contributed by atoms with Gasteiger partial charge in [-0.3, -0.25) is 4.79 Å². The topological polar surface area (TPSA) is 36.1 Å². The molecule has 3 nitrogen and oxygen atoms in total. The number of aromatic nitrogens is 1. The summed E-state index contributed by atoms with van der Waals surface area (Å²) in [6.45, 7) is 1.81. The van der Waals surface area contributed by atoms with Gasteiger partial charge >= 0.3 is 0 Å². The van der Waals surface area contributed by atoms with E-state index in [0.29, 0.717) is 0 Å². The summed E-state index contributed by atoms with van der Waals surface area (Å²) in [5, 5.41) is 1.16. The van der Waals surface area contributed by atoms with E-state index in [1.54, 1.807) is 0 Å². The van der Waals surface area contributed by atoms with Gasteiger partial charge in [-0.25, -0.2) is 0 Å². The number of H-pyrrole nitrogens is 1. The van der Waals surface area contributed by atoms with Crippen LogP contribution in [0.25, 0.3) is 10.9 Å². The number of rotatable bonds is 1. The standard InChI is InChI=1S/C15H18N2O/c18-15(17-9-3-1-2-4-10-17)13-6-5-12-7-8-16-14(12)11-13/h5-8,11,16H,1-4,9-10H2. The Kier molecular flexibility index (Phi) is 3.05. The minimum atomic E-state index is 0.174. The molecule has 0 aliphatic carbocycles. The summed E-state index contributed by atoms with van der Waals surface area (Å²) in [7, 11) is 0. The summed E-state index contributed by atoms with van der Waals surface area (Å²) in [5.41, 5.74) is 1.84. The minimum Gasteiger partial charge on any atom is -0.361 e. The summed E-state index contributed by atoms with van der Waals surface area (Å²) >= 11 is 0. The quantitative estimate of drug-likeness (QED) is 0.819. The molecule has 0 unspecified atom stereocenters. The van der Waals surface area contributed by atoms with Crippen molar-refractivity contribution >= 4 is 16.8 Å². The Labute approximate surface area is 107 Å². The lowest BCUT2D eigenvalue weighted by Gasteiger charge is -2.20. The Hall–Kier alpha value is -1.77. The second kappa shape index (κ2) is 4.84. The summed E-state index contributed by atoms with van der Waals surface area (Å²) in [6, 6.07) is 7.93. The number of amides is 1. The van der Waals surface area contributed by atoms with Crippen LogP contribution < -0.4 is 0 Å². The van der Waals surface area contributed by atoms with Crippen LogP contribution in [-0.4, -0.2) is 28.9 Å². The molecule has 0 atom stereocenters. The van der Waals surface area contributed by atoms with Crippen molar-refractivity contribution < 1.29 is 4.79 Å². The number of benzene rings is 1. The molecule has 18 heavy (non-hydrogen) atoms. The predicted molar refractivity (Wildman–Crippen MR) is 72.7 cm³/mol. The van der Waals surface area contributed by atoms with Gasteiger partial charge in [0.2, 0.25) is 0 Å². The van der Waals surface area contributed by atoms with Gasteiger partial charge in [0.15, 0.2) is 0 Å². The van der Waals surface area contributed by atoms with Crippen LogP contribution in [0.2, 0.25) is 0 Å². The van der Waals surface area contributed by atoms with Crippen LogP contribution in [0.15, 0.2) is 30.5 Å². The molecule has 1 saturated heterocycles. The van der Waals surface area contributed by atoms with Crippen molar-refractivity contribution in [2.45, 2.75) is 25.7 Å². The molecule has 3 heteroatoms. The van der Waals surface area contributed by atoms with E-state index in [1.807, 2.05) is 35.4 Å². The van der Waals surface area contributed by atoms with Gasteiger partial charge in [-0.1, -0.05) is 18.9 Å². The molecule has 0 bridgehead atoms. The maximum atomic E-state index is 12.4. The molecule has 0 saturated carbocycles. The van der Waals surface area contributed by atoms with Gasteiger partial charge in [-0.2, -0.15) is 0 Å². The van der Waals surface area contributed by atoms with Gasteiger partial charge in [-0.05, 0) is 36.4 Å². The zero-order valence-electron chi connectivity index (χ0n) is 10.5. The molecule has 1 aliphatic heterocycles. The molecule has 2 aromatic rings. The zero-order chi connectivity index (χ0) is 12.4. The highest BCUT2D eigenvalue weighted by atomic mass is 16.2. The third-order valence-corrected chi connectivity index (χ3v) is 3.70. The van der Waals surface area contributed by atoms with Crippen molar-refractivity contribution in [2.75, 3.05) is 13.1 Å². The van der Waals surface area contributed by atoms with E-state index < -0.39 is 0 Å². The van der Waals surface area contributed by atoms with Crippen LogP contribution >= 0.6 is 0 Å². The molecule has 94 valence electrons. The zero-order valence-corrected chi connectivity index (χ0v) is 10.5. The van der Waals surface area contributed by atoms with Crippen molar-refractivity contribution in [3.63, 3.8) is 0 Å². The van der Waals surface area contributed by atoms with Gasteiger partial charge < -0.3 is 9.88 Å². The molecule has 1 aromatic heterocycles. The highest BCUT2D eigenvalue weighted by Crippen LogP contribution is 2.17. The summed E-state index contributed by atoms with van der Waals surface area (Å²) in [5.74, 6) is 0.174. The molecule has 1 N–H and O–H groups in total. The van der Waals surface area contributed by atoms with Gasteiger partial charge in [0.25, 0.3) is 5.91 Å². The Morgan fingerprint density at radius 3 is 2.61 bits per heavy atom. The number of fused-ring (bicyclic) bond motifs is 1. The number of aromatic amines is 1. The second-order valence-corrected chi connectivity index (χ2v) is 4.99. The molecule has 1 aromatic carbocycles. The number of nitrogens with one attached hydrogen (secondary N) is 1. The Balaban J connectivity index is 1.85. The number of hydrogen-bond acceptors (Lipinski definition) is 1. The number of carbonyl (C=O) groups is 1. The summed E-state index contributed by atoms with van der Waals surface area (Å²) in [4.78, 5) is 17.6. The average Bonchev–Trinajstić information content (AvgIpc) is 2.69.